The van der Waals surface area contributed by atoms with Crippen LogP contribution in [0, 0.1) is 11.3 Å². The fraction of sp³-hybridized carbons (Fsp3) is 0.364. The van der Waals surface area contributed by atoms with Gasteiger partial charge >= 0.3 is 0 Å². The van der Waals surface area contributed by atoms with Crippen LogP contribution in [0.25, 0.3) is 0 Å². The van der Waals surface area contributed by atoms with Crippen molar-refractivity contribution in [2.75, 3.05) is 12.8 Å². The van der Waals surface area contributed by atoms with Gasteiger partial charge in [0.1, 0.15) is 6.04 Å². The van der Waals surface area contributed by atoms with Gasteiger partial charge in [0.15, 0.2) is 0 Å². The number of hydrogen-bond donors (Lipinski definition) is 1. The second-order valence-corrected chi connectivity index (χ2v) is 4.19. The summed E-state index contributed by atoms with van der Waals surface area (Å²) >= 11 is 1.81. The Morgan fingerprint density at radius 2 is 2.07 bits per heavy atom. The maximum Gasteiger partial charge on any atom is 0.121 e. The fourth-order valence-corrected chi connectivity index (χ4v) is 1.89. The van der Waals surface area contributed by atoms with Crippen molar-refractivity contribution < 1.29 is 0 Å². The van der Waals surface area contributed by atoms with Crippen LogP contribution in [0.2, 0.25) is 0 Å². The lowest BCUT2D eigenvalue weighted by atomic mass is 10.1. The average Bonchev–Trinajstić information content (AvgIpc) is 2.23. The number of benzene rings is 1. The maximum atomic E-state index is 8.83. The van der Waals surface area contributed by atoms with E-state index in [-0.39, 0.29) is 6.04 Å². The smallest absolute Gasteiger partial charge is 0.121 e. The van der Waals surface area contributed by atoms with E-state index < -0.39 is 0 Å². The SMILES string of the molecule is CCSc1ccc(C(C#N)NC)cc1. The van der Waals surface area contributed by atoms with Crippen molar-refractivity contribution in [2.24, 2.45) is 0 Å². The Kier molecular flexibility index (Phi) is 4.51. The molecule has 0 aliphatic carbocycles. The van der Waals surface area contributed by atoms with Crippen LogP contribution in [0.4, 0.5) is 0 Å². The van der Waals surface area contributed by atoms with E-state index in [4.69, 9.17) is 5.26 Å². The predicted molar refractivity (Wildman–Crippen MR) is 60.3 cm³/mol. The number of nitriles is 1. The molecule has 0 radical (unpaired) electrons. The van der Waals surface area contributed by atoms with Crippen LogP contribution in [-0.4, -0.2) is 12.8 Å². The summed E-state index contributed by atoms with van der Waals surface area (Å²) in [6.07, 6.45) is 0. The summed E-state index contributed by atoms with van der Waals surface area (Å²) in [7, 11) is 1.79. The molecule has 0 aromatic heterocycles. The molecule has 0 aliphatic heterocycles. The molecule has 0 amide bonds. The van der Waals surface area contributed by atoms with E-state index >= 15 is 0 Å². The van der Waals surface area contributed by atoms with Gasteiger partial charge in [-0.3, -0.25) is 0 Å². The molecule has 0 bridgehead atoms. The molecule has 0 heterocycles. The Bertz CT molecular complexity index is 313. The van der Waals surface area contributed by atoms with Crippen LogP contribution in [0.3, 0.4) is 0 Å². The molecule has 1 aromatic rings. The van der Waals surface area contributed by atoms with Crippen LogP contribution in [0.1, 0.15) is 18.5 Å². The van der Waals surface area contributed by atoms with Crippen LogP contribution in [-0.2, 0) is 0 Å². The molecule has 0 fully saturated rings. The van der Waals surface area contributed by atoms with E-state index in [0.29, 0.717) is 0 Å². The fourth-order valence-electron chi connectivity index (χ4n) is 1.23. The van der Waals surface area contributed by atoms with Crippen molar-refractivity contribution in [2.45, 2.75) is 17.9 Å². The van der Waals surface area contributed by atoms with Gasteiger partial charge in [0.05, 0.1) is 6.07 Å². The summed E-state index contributed by atoms with van der Waals surface area (Å²) in [4.78, 5) is 1.25. The van der Waals surface area contributed by atoms with E-state index in [1.54, 1.807) is 7.05 Å². The van der Waals surface area contributed by atoms with Crippen molar-refractivity contribution in [1.29, 1.82) is 5.26 Å². The van der Waals surface area contributed by atoms with Gasteiger partial charge in [0.25, 0.3) is 0 Å². The topological polar surface area (TPSA) is 35.8 Å². The van der Waals surface area contributed by atoms with Crippen molar-refractivity contribution in [1.82, 2.24) is 5.32 Å². The predicted octanol–water partition coefficient (Wildman–Crippen LogP) is 2.58. The number of rotatable bonds is 4. The van der Waals surface area contributed by atoms with Gasteiger partial charge in [-0.05, 0) is 30.5 Å². The zero-order valence-corrected chi connectivity index (χ0v) is 9.27. The van der Waals surface area contributed by atoms with E-state index in [2.05, 4.69) is 30.4 Å². The Hall–Kier alpha value is -0.980. The first-order chi connectivity index (χ1) is 6.81. The lowest BCUT2D eigenvalue weighted by molar-refractivity contribution is 0.726. The largest absolute Gasteiger partial charge is 0.301 e. The molecule has 74 valence electrons. The first-order valence-electron chi connectivity index (χ1n) is 4.61. The molecule has 1 N–H and O–H groups in total. The average molecular weight is 206 g/mol. The van der Waals surface area contributed by atoms with E-state index in [0.717, 1.165) is 11.3 Å². The molecule has 3 heteroatoms. The third kappa shape index (κ3) is 2.76. The zero-order chi connectivity index (χ0) is 10.4. The molecule has 0 saturated heterocycles. The summed E-state index contributed by atoms with van der Waals surface area (Å²) < 4.78 is 0. The number of nitrogens with one attached hydrogen (secondary N) is 1. The number of hydrogen-bond acceptors (Lipinski definition) is 3. The lowest BCUT2D eigenvalue weighted by Crippen LogP contribution is -2.13. The highest BCUT2D eigenvalue weighted by Gasteiger charge is 2.06. The minimum atomic E-state index is -0.198. The normalized spacial score (nSPS) is 12.1. The van der Waals surface area contributed by atoms with E-state index in [1.807, 2.05) is 23.9 Å². The van der Waals surface area contributed by atoms with Gasteiger partial charge in [-0.1, -0.05) is 19.1 Å². The minimum Gasteiger partial charge on any atom is -0.301 e. The van der Waals surface area contributed by atoms with Gasteiger partial charge in [-0.2, -0.15) is 5.26 Å². The molecular formula is C11H14N2S. The highest BCUT2D eigenvalue weighted by molar-refractivity contribution is 7.99. The summed E-state index contributed by atoms with van der Waals surface area (Å²) in [6.45, 7) is 2.13. The molecule has 1 aromatic carbocycles. The summed E-state index contributed by atoms with van der Waals surface area (Å²) in [6, 6.07) is 10.1. The van der Waals surface area contributed by atoms with Gasteiger partial charge in [-0.15, -0.1) is 11.8 Å². The Morgan fingerprint density at radius 3 is 2.50 bits per heavy atom. The molecule has 0 saturated carbocycles. The summed E-state index contributed by atoms with van der Waals surface area (Å²) in [5, 5.41) is 11.8. The standard InChI is InChI=1S/C11H14N2S/c1-3-14-10-6-4-9(5-7-10)11(8-12)13-2/h4-7,11,13H,3H2,1-2H3. The second kappa shape index (κ2) is 5.69. The first kappa shape index (κ1) is 11.1. The van der Waals surface area contributed by atoms with Crippen molar-refractivity contribution >= 4 is 11.8 Å². The van der Waals surface area contributed by atoms with Gasteiger partial charge in [0.2, 0.25) is 0 Å². The van der Waals surface area contributed by atoms with Crippen LogP contribution < -0.4 is 5.32 Å². The highest BCUT2D eigenvalue weighted by Crippen LogP contribution is 2.20. The monoisotopic (exact) mass is 206 g/mol. The lowest BCUT2D eigenvalue weighted by Gasteiger charge is -2.08. The quantitative estimate of drug-likeness (QED) is 0.769. The van der Waals surface area contributed by atoms with Crippen molar-refractivity contribution in [3.05, 3.63) is 29.8 Å². The molecule has 14 heavy (non-hydrogen) atoms. The maximum absolute atomic E-state index is 8.83. The first-order valence-corrected chi connectivity index (χ1v) is 5.60. The minimum absolute atomic E-state index is 0.198. The van der Waals surface area contributed by atoms with Gasteiger partial charge < -0.3 is 5.32 Å². The molecule has 0 spiro atoms. The molecule has 1 rings (SSSR count). The Balaban J connectivity index is 2.77. The third-order valence-electron chi connectivity index (χ3n) is 1.94. The number of nitrogens with zero attached hydrogens (tertiary/aromatic N) is 1. The van der Waals surface area contributed by atoms with Gasteiger partial charge in [-0.25, -0.2) is 0 Å². The summed E-state index contributed by atoms with van der Waals surface area (Å²) in [5.74, 6) is 1.08. The third-order valence-corrected chi connectivity index (χ3v) is 2.84. The Morgan fingerprint density at radius 1 is 1.43 bits per heavy atom. The van der Waals surface area contributed by atoms with Crippen LogP contribution >= 0.6 is 11.8 Å². The second-order valence-electron chi connectivity index (χ2n) is 2.85. The van der Waals surface area contributed by atoms with Crippen LogP contribution in [0.5, 0.6) is 0 Å². The van der Waals surface area contributed by atoms with Crippen molar-refractivity contribution in [3.63, 3.8) is 0 Å². The van der Waals surface area contributed by atoms with Crippen LogP contribution in [0.15, 0.2) is 29.2 Å². The zero-order valence-electron chi connectivity index (χ0n) is 8.45. The number of thioether (sulfide) groups is 1. The molecule has 2 nitrogen and oxygen atoms in total. The highest BCUT2D eigenvalue weighted by atomic mass is 32.2. The molecule has 1 unspecified atom stereocenters. The van der Waals surface area contributed by atoms with E-state index in [1.165, 1.54) is 4.90 Å². The summed E-state index contributed by atoms with van der Waals surface area (Å²) in [5.41, 5.74) is 1.02. The molecule has 0 aliphatic rings. The van der Waals surface area contributed by atoms with Crippen molar-refractivity contribution in [3.8, 4) is 6.07 Å². The van der Waals surface area contributed by atoms with E-state index in [9.17, 15) is 0 Å². The Labute approximate surface area is 89.3 Å². The molecule has 1 atom stereocenters. The molecular weight excluding hydrogens is 192 g/mol. The van der Waals surface area contributed by atoms with Gasteiger partial charge in [0, 0.05) is 4.90 Å².